The number of thiazole rings is 1. The molecule has 3 aromatic carbocycles. The van der Waals surface area contributed by atoms with E-state index in [2.05, 4.69) is 78.0 Å². The van der Waals surface area contributed by atoms with Crippen LogP contribution in [0.4, 0.5) is 16.5 Å². The molecule has 1 heterocycles. The summed E-state index contributed by atoms with van der Waals surface area (Å²) in [6.07, 6.45) is 6.79. The molecule has 0 amide bonds. The minimum atomic E-state index is -0.922. The Morgan fingerprint density at radius 3 is 2.29 bits per heavy atom. The third-order valence-corrected chi connectivity index (χ3v) is 8.18. The number of aromatic nitrogens is 1. The highest BCUT2D eigenvalue weighted by Crippen LogP contribution is 2.35. The first-order valence-corrected chi connectivity index (χ1v) is 14.4. The first-order chi connectivity index (χ1) is 18.5. The second-order valence-corrected chi connectivity index (χ2v) is 11.2. The van der Waals surface area contributed by atoms with E-state index >= 15 is 0 Å². The van der Waals surface area contributed by atoms with Crippen LogP contribution in [0.3, 0.4) is 0 Å². The summed E-state index contributed by atoms with van der Waals surface area (Å²) in [7, 11) is 0. The van der Waals surface area contributed by atoms with Crippen LogP contribution in [0.5, 0.6) is 0 Å². The van der Waals surface area contributed by atoms with Crippen LogP contribution < -0.4 is 10.2 Å². The lowest BCUT2D eigenvalue weighted by molar-refractivity contribution is 0.0697. The zero-order valence-corrected chi connectivity index (χ0v) is 22.9. The van der Waals surface area contributed by atoms with Crippen molar-refractivity contribution in [3.05, 3.63) is 94.9 Å². The van der Waals surface area contributed by atoms with E-state index in [1.807, 2.05) is 12.1 Å². The number of nitrogens with zero attached hydrogens (tertiary/aromatic N) is 2. The standard InChI is InChI=1S/C32H35N3O2S/c1-22(2)35(29-18-14-27(15-19-29)31(36)37)32-34-30(21-38-32)26-12-16-28(17-13-26)33-20-23-8-10-25(11-9-23)24-6-4-3-5-7-24/h8-19,21-22,24,33H,3-7,20H2,1-2H3,(H,36,37). The molecule has 2 N–H and O–H groups in total. The number of carbonyl (C=O) groups is 1. The minimum Gasteiger partial charge on any atom is -0.478 e. The zero-order valence-electron chi connectivity index (χ0n) is 22.1. The summed E-state index contributed by atoms with van der Waals surface area (Å²) in [6.45, 7) is 5.02. The lowest BCUT2D eigenvalue weighted by Gasteiger charge is -2.26. The van der Waals surface area contributed by atoms with Gasteiger partial charge in [-0.15, -0.1) is 11.3 Å². The van der Waals surface area contributed by atoms with E-state index in [0.717, 1.165) is 40.2 Å². The fourth-order valence-corrected chi connectivity index (χ4v) is 6.19. The van der Waals surface area contributed by atoms with Gasteiger partial charge in [0.1, 0.15) is 0 Å². The Kier molecular flexibility index (Phi) is 8.08. The van der Waals surface area contributed by atoms with Gasteiger partial charge < -0.3 is 15.3 Å². The Morgan fingerprint density at radius 2 is 1.66 bits per heavy atom. The monoisotopic (exact) mass is 525 g/mol. The van der Waals surface area contributed by atoms with Crippen molar-refractivity contribution in [2.75, 3.05) is 10.2 Å². The second-order valence-electron chi connectivity index (χ2n) is 10.3. The first-order valence-electron chi connectivity index (χ1n) is 13.5. The van der Waals surface area contributed by atoms with E-state index < -0.39 is 5.97 Å². The molecule has 4 aromatic rings. The largest absolute Gasteiger partial charge is 0.478 e. The van der Waals surface area contributed by atoms with Gasteiger partial charge in [0.05, 0.1) is 11.3 Å². The smallest absolute Gasteiger partial charge is 0.335 e. The van der Waals surface area contributed by atoms with Crippen LogP contribution in [0.1, 0.15) is 73.4 Å². The molecule has 0 unspecified atom stereocenters. The van der Waals surface area contributed by atoms with Crippen LogP contribution in [0.15, 0.2) is 78.2 Å². The summed E-state index contributed by atoms with van der Waals surface area (Å²) in [5.41, 5.74) is 7.08. The molecule has 0 aliphatic heterocycles. The Bertz CT molecular complexity index is 1340. The van der Waals surface area contributed by atoms with Crippen LogP contribution in [-0.2, 0) is 6.54 Å². The fraction of sp³-hybridized carbons (Fsp3) is 0.312. The highest BCUT2D eigenvalue weighted by Gasteiger charge is 2.18. The maximum absolute atomic E-state index is 11.2. The van der Waals surface area contributed by atoms with E-state index in [4.69, 9.17) is 4.98 Å². The lowest BCUT2D eigenvalue weighted by Crippen LogP contribution is -2.25. The van der Waals surface area contributed by atoms with Gasteiger partial charge in [0, 0.05) is 34.9 Å². The molecule has 1 saturated carbocycles. The molecule has 0 radical (unpaired) electrons. The first kappa shape index (κ1) is 26.0. The molecule has 1 fully saturated rings. The molecule has 196 valence electrons. The third-order valence-electron chi connectivity index (χ3n) is 7.34. The van der Waals surface area contributed by atoms with Crippen molar-refractivity contribution in [2.24, 2.45) is 0 Å². The SMILES string of the molecule is CC(C)N(c1ccc(C(=O)O)cc1)c1nc(-c2ccc(NCc3ccc(C4CCCCC4)cc3)cc2)cs1. The summed E-state index contributed by atoms with van der Waals surface area (Å²) in [4.78, 5) is 18.3. The zero-order chi connectivity index (χ0) is 26.5. The molecular formula is C32H35N3O2S. The van der Waals surface area contributed by atoms with Crippen LogP contribution in [0, 0.1) is 0 Å². The Hall–Kier alpha value is -3.64. The van der Waals surface area contributed by atoms with Crippen molar-refractivity contribution in [1.82, 2.24) is 4.98 Å². The number of nitrogens with one attached hydrogen (secondary N) is 1. The number of carboxylic acid groups (broad SMARTS) is 1. The molecule has 5 rings (SSSR count). The van der Waals surface area contributed by atoms with E-state index in [1.54, 1.807) is 23.5 Å². The van der Waals surface area contributed by atoms with Gasteiger partial charge in [0.25, 0.3) is 0 Å². The van der Waals surface area contributed by atoms with Gasteiger partial charge in [-0.1, -0.05) is 55.7 Å². The van der Waals surface area contributed by atoms with Crippen LogP contribution in [0.2, 0.25) is 0 Å². The van der Waals surface area contributed by atoms with Gasteiger partial charge in [0.15, 0.2) is 5.13 Å². The van der Waals surface area contributed by atoms with E-state index in [1.165, 1.54) is 43.2 Å². The lowest BCUT2D eigenvalue weighted by atomic mass is 9.84. The highest BCUT2D eigenvalue weighted by molar-refractivity contribution is 7.14. The predicted molar refractivity (Wildman–Crippen MR) is 158 cm³/mol. The summed E-state index contributed by atoms with van der Waals surface area (Å²) in [5.74, 6) is -0.177. The Morgan fingerprint density at radius 1 is 0.974 bits per heavy atom. The van der Waals surface area contributed by atoms with Crippen molar-refractivity contribution < 1.29 is 9.90 Å². The topological polar surface area (TPSA) is 65.5 Å². The van der Waals surface area contributed by atoms with Crippen LogP contribution in [0.25, 0.3) is 11.3 Å². The maximum Gasteiger partial charge on any atom is 0.335 e. The fourth-order valence-electron chi connectivity index (χ4n) is 5.21. The molecule has 1 aromatic heterocycles. The number of hydrogen-bond donors (Lipinski definition) is 2. The summed E-state index contributed by atoms with van der Waals surface area (Å²) in [5, 5.41) is 15.7. The minimum absolute atomic E-state index is 0.174. The number of carboxylic acids is 1. The summed E-state index contributed by atoms with van der Waals surface area (Å²) < 4.78 is 0. The molecule has 0 bridgehead atoms. The van der Waals surface area contributed by atoms with E-state index in [-0.39, 0.29) is 11.6 Å². The normalized spacial score (nSPS) is 14.0. The highest BCUT2D eigenvalue weighted by atomic mass is 32.1. The van der Waals surface area contributed by atoms with E-state index in [0.29, 0.717) is 0 Å². The molecule has 5 nitrogen and oxygen atoms in total. The van der Waals surface area contributed by atoms with Gasteiger partial charge in [-0.25, -0.2) is 9.78 Å². The van der Waals surface area contributed by atoms with Crippen LogP contribution >= 0.6 is 11.3 Å². The van der Waals surface area contributed by atoms with Crippen molar-refractivity contribution in [3.63, 3.8) is 0 Å². The van der Waals surface area contributed by atoms with Gasteiger partial charge >= 0.3 is 5.97 Å². The third kappa shape index (κ3) is 6.08. The molecule has 0 spiro atoms. The van der Waals surface area contributed by atoms with Gasteiger partial charge in [0.2, 0.25) is 0 Å². The Labute approximate surface area is 229 Å². The molecular weight excluding hydrogens is 490 g/mol. The predicted octanol–water partition coefficient (Wildman–Crippen LogP) is 8.71. The molecule has 6 heteroatoms. The van der Waals surface area contributed by atoms with Crippen molar-refractivity contribution in [3.8, 4) is 11.3 Å². The van der Waals surface area contributed by atoms with Crippen molar-refractivity contribution >= 4 is 33.8 Å². The molecule has 0 saturated heterocycles. The number of rotatable bonds is 9. The van der Waals surface area contributed by atoms with E-state index in [9.17, 15) is 9.90 Å². The molecule has 1 aliphatic rings. The van der Waals surface area contributed by atoms with Crippen molar-refractivity contribution in [2.45, 2.75) is 64.5 Å². The van der Waals surface area contributed by atoms with Gasteiger partial charge in [-0.05, 0) is 80.1 Å². The molecule has 0 atom stereocenters. The summed E-state index contributed by atoms with van der Waals surface area (Å²) in [6, 6.07) is 24.7. The number of anilines is 3. The number of aromatic carboxylic acids is 1. The average molecular weight is 526 g/mol. The van der Waals surface area contributed by atoms with Gasteiger partial charge in [-0.3, -0.25) is 0 Å². The second kappa shape index (κ2) is 11.8. The molecule has 1 aliphatic carbocycles. The Balaban J connectivity index is 1.22. The number of hydrogen-bond acceptors (Lipinski definition) is 5. The maximum atomic E-state index is 11.2. The van der Waals surface area contributed by atoms with Crippen LogP contribution in [-0.4, -0.2) is 22.1 Å². The molecule has 38 heavy (non-hydrogen) atoms. The number of benzene rings is 3. The quantitative estimate of drug-likeness (QED) is 0.229. The van der Waals surface area contributed by atoms with Gasteiger partial charge in [-0.2, -0.15) is 0 Å². The summed E-state index contributed by atoms with van der Waals surface area (Å²) >= 11 is 1.59. The van der Waals surface area contributed by atoms with Crippen molar-refractivity contribution in [1.29, 1.82) is 0 Å². The average Bonchev–Trinajstić information content (AvgIpc) is 3.43.